The molecule has 0 bridgehead atoms. The van der Waals surface area contributed by atoms with Crippen LogP contribution in [0.4, 0.5) is 13.2 Å². The minimum Gasteiger partial charge on any atom is -0.387 e. The summed E-state index contributed by atoms with van der Waals surface area (Å²) in [5.74, 6) is 0.291. The van der Waals surface area contributed by atoms with Crippen LogP contribution >= 0.6 is 27.7 Å². The number of thioether (sulfide) groups is 1. The van der Waals surface area contributed by atoms with E-state index in [0.717, 1.165) is 6.07 Å². The number of alkyl halides is 2. The lowest BCUT2D eigenvalue weighted by Gasteiger charge is -2.29. The van der Waals surface area contributed by atoms with Gasteiger partial charge in [0.2, 0.25) is 0 Å². The highest BCUT2D eigenvalue weighted by molar-refractivity contribution is 9.10. The Bertz CT molecular complexity index is 510. The molecule has 7 heteroatoms. The lowest BCUT2D eigenvalue weighted by molar-refractivity contribution is 0.0497. The van der Waals surface area contributed by atoms with Gasteiger partial charge in [0.1, 0.15) is 11.7 Å². The number of halogens is 4. The standard InChI is InChI=1S/C12H12BrF3N2S/c13-7-1-2-9(14)8(5-7)12(11(15)16)3-4-19-6-10(17)18-12/h1-2,5,11H,3-4,6H2,(H2,17,18)/t12-/m0/s1. The maximum atomic E-state index is 13.9. The van der Waals surface area contributed by atoms with Crippen LogP contribution in [0.25, 0.3) is 0 Å². The number of hydrogen-bond donors (Lipinski definition) is 1. The van der Waals surface area contributed by atoms with Crippen molar-refractivity contribution in [2.45, 2.75) is 18.4 Å². The first-order valence-corrected chi connectivity index (χ1v) is 7.56. The summed E-state index contributed by atoms with van der Waals surface area (Å²) in [4.78, 5) is 3.94. The molecule has 104 valence electrons. The van der Waals surface area contributed by atoms with Gasteiger partial charge in [-0.15, -0.1) is 0 Å². The van der Waals surface area contributed by atoms with Gasteiger partial charge in [0.25, 0.3) is 6.43 Å². The maximum absolute atomic E-state index is 13.9. The van der Waals surface area contributed by atoms with E-state index in [1.54, 1.807) is 0 Å². The number of nitrogens with two attached hydrogens (primary N) is 1. The van der Waals surface area contributed by atoms with Gasteiger partial charge in [-0.05, 0) is 30.4 Å². The van der Waals surface area contributed by atoms with Gasteiger partial charge in [0.15, 0.2) is 5.54 Å². The highest BCUT2D eigenvalue weighted by Gasteiger charge is 2.44. The molecular weight excluding hydrogens is 341 g/mol. The molecule has 0 unspecified atom stereocenters. The van der Waals surface area contributed by atoms with E-state index in [1.807, 2.05) is 0 Å². The Balaban J connectivity index is 2.61. The molecule has 0 saturated carbocycles. The zero-order valence-electron chi connectivity index (χ0n) is 9.88. The Morgan fingerprint density at radius 3 is 2.84 bits per heavy atom. The number of rotatable bonds is 2. The Morgan fingerprint density at radius 2 is 2.16 bits per heavy atom. The van der Waals surface area contributed by atoms with Crippen molar-refractivity contribution >= 4 is 33.5 Å². The van der Waals surface area contributed by atoms with Crippen molar-refractivity contribution in [3.05, 3.63) is 34.1 Å². The van der Waals surface area contributed by atoms with Crippen LogP contribution in [0.5, 0.6) is 0 Å². The molecule has 0 fully saturated rings. The van der Waals surface area contributed by atoms with Crippen molar-refractivity contribution in [3.8, 4) is 0 Å². The molecule has 2 rings (SSSR count). The number of aliphatic imine (C=N–C) groups is 1. The van der Waals surface area contributed by atoms with Gasteiger partial charge in [-0.1, -0.05) is 15.9 Å². The first kappa shape index (κ1) is 14.7. The van der Waals surface area contributed by atoms with Crippen molar-refractivity contribution < 1.29 is 13.2 Å². The Morgan fingerprint density at radius 1 is 1.42 bits per heavy atom. The van der Waals surface area contributed by atoms with E-state index >= 15 is 0 Å². The molecule has 1 aromatic carbocycles. The van der Waals surface area contributed by atoms with Crippen LogP contribution < -0.4 is 5.73 Å². The fourth-order valence-electron chi connectivity index (χ4n) is 2.05. The molecule has 1 aliphatic heterocycles. The van der Waals surface area contributed by atoms with E-state index in [0.29, 0.717) is 16.0 Å². The monoisotopic (exact) mass is 352 g/mol. The van der Waals surface area contributed by atoms with Crippen LogP contribution in [0.3, 0.4) is 0 Å². The van der Waals surface area contributed by atoms with Crippen LogP contribution in [-0.2, 0) is 5.54 Å². The number of hydrogen-bond acceptors (Lipinski definition) is 3. The van der Waals surface area contributed by atoms with E-state index < -0.39 is 17.8 Å². The van der Waals surface area contributed by atoms with Gasteiger partial charge < -0.3 is 5.73 Å². The minimum atomic E-state index is -2.81. The van der Waals surface area contributed by atoms with Crippen LogP contribution in [0.2, 0.25) is 0 Å². The third-order valence-corrected chi connectivity index (χ3v) is 4.46. The largest absolute Gasteiger partial charge is 0.387 e. The van der Waals surface area contributed by atoms with Crippen molar-refractivity contribution in [1.82, 2.24) is 0 Å². The van der Waals surface area contributed by atoms with Gasteiger partial charge in [0.05, 0.1) is 5.75 Å². The molecule has 1 aromatic rings. The zero-order chi connectivity index (χ0) is 14.0. The molecule has 1 heterocycles. The van der Waals surface area contributed by atoms with E-state index in [1.165, 1.54) is 23.9 Å². The van der Waals surface area contributed by atoms with Gasteiger partial charge in [-0.2, -0.15) is 11.8 Å². The third-order valence-electron chi connectivity index (χ3n) is 2.98. The van der Waals surface area contributed by atoms with E-state index in [9.17, 15) is 13.2 Å². The minimum absolute atomic E-state index is 0.0589. The molecule has 0 amide bonds. The average Bonchev–Trinajstić information content (AvgIpc) is 2.55. The molecule has 2 nitrogen and oxygen atoms in total. The van der Waals surface area contributed by atoms with E-state index in [-0.39, 0.29) is 17.8 Å². The molecule has 1 atom stereocenters. The quantitative estimate of drug-likeness (QED) is 0.883. The zero-order valence-corrected chi connectivity index (χ0v) is 12.3. The summed E-state index contributed by atoms with van der Waals surface area (Å²) in [6, 6.07) is 3.98. The Kier molecular flexibility index (Phi) is 4.45. The van der Waals surface area contributed by atoms with Crippen LogP contribution in [0.15, 0.2) is 27.7 Å². The second-order valence-electron chi connectivity index (χ2n) is 4.25. The van der Waals surface area contributed by atoms with Crippen molar-refractivity contribution in [3.63, 3.8) is 0 Å². The van der Waals surface area contributed by atoms with Crippen LogP contribution in [-0.4, -0.2) is 23.8 Å². The summed E-state index contributed by atoms with van der Waals surface area (Å²) < 4.78 is 41.6. The smallest absolute Gasteiger partial charge is 0.267 e. The Hall–Kier alpha value is -0.690. The van der Waals surface area contributed by atoms with Crippen LogP contribution in [0.1, 0.15) is 12.0 Å². The number of amidine groups is 1. The number of nitrogens with zero attached hydrogens (tertiary/aromatic N) is 1. The van der Waals surface area contributed by atoms with E-state index in [4.69, 9.17) is 5.73 Å². The molecule has 1 aliphatic rings. The first-order chi connectivity index (χ1) is 8.95. The molecule has 0 saturated heterocycles. The van der Waals surface area contributed by atoms with Crippen molar-refractivity contribution in [2.24, 2.45) is 10.7 Å². The van der Waals surface area contributed by atoms with Gasteiger partial charge in [0, 0.05) is 10.0 Å². The van der Waals surface area contributed by atoms with Crippen molar-refractivity contribution in [2.75, 3.05) is 11.5 Å². The SMILES string of the molecule is NC1=N[C@@](c2cc(Br)ccc2F)(C(F)F)CCSC1. The van der Waals surface area contributed by atoms with Crippen molar-refractivity contribution in [1.29, 1.82) is 0 Å². The molecule has 0 spiro atoms. The van der Waals surface area contributed by atoms with E-state index in [2.05, 4.69) is 20.9 Å². The number of benzene rings is 1. The second kappa shape index (κ2) is 5.75. The summed E-state index contributed by atoms with van der Waals surface area (Å²) in [5.41, 5.74) is 3.64. The lowest BCUT2D eigenvalue weighted by Crippen LogP contribution is -2.36. The van der Waals surface area contributed by atoms with Gasteiger partial charge >= 0.3 is 0 Å². The average molecular weight is 353 g/mol. The highest BCUT2D eigenvalue weighted by atomic mass is 79.9. The summed E-state index contributed by atoms with van der Waals surface area (Å²) in [6.45, 7) is 0. The fourth-order valence-corrected chi connectivity index (χ4v) is 3.28. The summed E-state index contributed by atoms with van der Waals surface area (Å²) >= 11 is 4.60. The fraction of sp³-hybridized carbons (Fsp3) is 0.417. The molecule has 0 aromatic heterocycles. The highest BCUT2D eigenvalue weighted by Crippen LogP contribution is 2.41. The maximum Gasteiger partial charge on any atom is 0.267 e. The first-order valence-electron chi connectivity index (χ1n) is 5.61. The molecule has 0 aliphatic carbocycles. The molecule has 0 radical (unpaired) electrons. The normalized spacial score (nSPS) is 24.2. The molecule has 19 heavy (non-hydrogen) atoms. The van der Waals surface area contributed by atoms with Gasteiger partial charge in [-0.25, -0.2) is 13.2 Å². The second-order valence-corrected chi connectivity index (χ2v) is 6.28. The lowest BCUT2D eigenvalue weighted by atomic mass is 9.87. The predicted molar refractivity (Wildman–Crippen MR) is 75.3 cm³/mol. The molecular formula is C12H12BrF3N2S. The third kappa shape index (κ3) is 2.91. The summed E-state index contributed by atoms with van der Waals surface area (Å²) in [7, 11) is 0. The summed E-state index contributed by atoms with van der Waals surface area (Å²) in [6.07, 6.45) is -2.75. The molecule has 2 N–H and O–H groups in total. The van der Waals surface area contributed by atoms with Gasteiger partial charge in [-0.3, -0.25) is 4.99 Å². The summed E-state index contributed by atoms with van der Waals surface area (Å²) in [5, 5.41) is 0. The topological polar surface area (TPSA) is 38.4 Å². The predicted octanol–water partition coefficient (Wildman–Crippen LogP) is 3.54. The van der Waals surface area contributed by atoms with Crippen LogP contribution in [0, 0.1) is 5.82 Å². The Labute approximate surface area is 121 Å².